The molecule has 0 amide bonds. The van der Waals surface area contributed by atoms with Crippen molar-refractivity contribution in [2.45, 2.75) is 45.3 Å². The number of hydrogen-bond acceptors (Lipinski definition) is 4. The molecule has 2 rings (SSSR count). The lowest BCUT2D eigenvalue weighted by atomic mass is 10.0. The summed E-state index contributed by atoms with van der Waals surface area (Å²) in [5.41, 5.74) is 5.91. The predicted molar refractivity (Wildman–Crippen MR) is 83.8 cm³/mol. The van der Waals surface area contributed by atoms with Gasteiger partial charge in [0.1, 0.15) is 0 Å². The molecule has 1 aliphatic heterocycles. The van der Waals surface area contributed by atoms with Crippen LogP contribution < -0.4 is 5.73 Å². The molecular weight excluding hydrogens is 250 g/mol. The summed E-state index contributed by atoms with van der Waals surface area (Å²) in [5.74, 6) is 1.43. The highest BCUT2D eigenvalue weighted by Gasteiger charge is 2.31. The Bertz CT molecular complexity index is 285. The highest BCUT2D eigenvalue weighted by Crippen LogP contribution is 2.28. The lowest BCUT2D eigenvalue weighted by Crippen LogP contribution is -2.50. The molecule has 1 aliphatic carbocycles. The molecule has 0 bridgehead atoms. The molecular formula is C16H33N3O. The summed E-state index contributed by atoms with van der Waals surface area (Å²) in [7, 11) is 2.25. The van der Waals surface area contributed by atoms with Crippen molar-refractivity contribution in [2.75, 3.05) is 46.4 Å². The third-order valence-corrected chi connectivity index (χ3v) is 4.83. The monoisotopic (exact) mass is 283 g/mol. The van der Waals surface area contributed by atoms with Crippen molar-refractivity contribution in [3.63, 3.8) is 0 Å². The van der Waals surface area contributed by atoms with Crippen molar-refractivity contribution in [3.05, 3.63) is 0 Å². The lowest BCUT2D eigenvalue weighted by Gasteiger charge is -2.38. The van der Waals surface area contributed by atoms with Crippen LogP contribution in [0, 0.1) is 11.8 Å². The van der Waals surface area contributed by atoms with Gasteiger partial charge in [0.15, 0.2) is 0 Å². The molecule has 0 aromatic rings. The molecule has 0 spiro atoms. The van der Waals surface area contributed by atoms with Crippen LogP contribution in [0.1, 0.15) is 33.1 Å². The van der Waals surface area contributed by atoms with Gasteiger partial charge in [-0.05, 0) is 38.3 Å². The van der Waals surface area contributed by atoms with Crippen LogP contribution in [0.25, 0.3) is 0 Å². The fourth-order valence-corrected chi connectivity index (χ4v) is 3.90. The van der Waals surface area contributed by atoms with Gasteiger partial charge in [0.2, 0.25) is 0 Å². The molecule has 3 unspecified atom stereocenters. The Kier molecular flexibility index (Phi) is 6.27. The third kappa shape index (κ3) is 4.42. The van der Waals surface area contributed by atoms with E-state index in [0.29, 0.717) is 18.1 Å². The zero-order valence-corrected chi connectivity index (χ0v) is 13.6. The first-order chi connectivity index (χ1) is 9.60. The van der Waals surface area contributed by atoms with Gasteiger partial charge in [-0.25, -0.2) is 0 Å². The standard InChI is InChI=1S/C16H33N3O/c1-13(2)10-19-7-8-20-15(12-19)11-18(3)16-6-4-5-14(16)9-17/h13-16H,4-12,17H2,1-3H3. The molecule has 1 saturated heterocycles. The average molecular weight is 283 g/mol. The van der Waals surface area contributed by atoms with Crippen LogP contribution in [-0.2, 0) is 4.74 Å². The molecule has 3 atom stereocenters. The van der Waals surface area contributed by atoms with E-state index in [4.69, 9.17) is 10.5 Å². The summed E-state index contributed by atoms with van der Waals surface area (Å²) in [4.78, 5) is 5.07. The van der Waals surface area contributed by atoms with Gasteiger partial charge in [0, 0.05) is 32.2 Å². The minimum atomic E-state index is 0.367. The van der Waals surface area contributed by atoms with Crippen LogP contribution >= 0.6 is 0 Å². The number of nitrogens with zero attached hydrogens (tertiary/aromatic N) is 2. The second-order valence-corrected chi connectivity index (χ2v) is 7.08. The molecule has 4 nitrogen and oxygen atoms in total. The van der Waals surface area contributed by atoms with Crippen molar-refractivity contribution >= 4 is 0 Å². The van der Waals surface area contributed by atoms with Gasteiger partial charge in [0.25, 0.3) is 0 Å². The fraction of sp³-hybridized carbons (Fsp3) is 1.00. The molecule has 0 aromatic carbocycles. The Morgan fingerprint density at radius 2 is 2.15 bits per heavy atom. The Morgan fingerprint density at radius 3 is 2.85 bits per heavy atom. The Morgan fingerprint density at radius 1 is 1.35 bits per heavy atom. The molecule has 4 heteroatoms. The lowest BCUT2D eigenvalue weighted by molar-refractivity contribution is -0.0490. The van der Waals surface area contributed by atoms with Crippen molar-refractivity contribution in [1.82, 2.24) is 9.80 Å². The van der Waals surface area contributed by atoms with E-state index in [9.17, 15) is 0 Å². The number of hydrogen-bond donors (Lipinski definition) is 1. The maximum absolute atomic E-state index is 5.97. The minimum Gasteiger partial charge on any atom is -0.374 e. The van der Waals surface area contributed by atoms with E-state index in [1.54, 1.807) is 0 Å². The summed E-state index contributed by atoms with van der Waals surface area (Å²) in [6, 6.07) is 0.670. The van der Waals surface area contributed by atoms with Gasteiger partial charge < -0.3 is 15.4 Å². The number of nitrogens with two attached hydrogens (primary N) is 1. The first-order valence-corrected chi connectivity index (χ1v) is 8.34. The van der Waals surface area contributed by atoms with E-state index in [-0.39, 0.29) is 0 Å². The highest BCUT2D eigenvalue weighted by molar-refractivity contribution is 4.86. The molecule has 20 heavy (non-hydrogen) atoms. The first-order valence-electron chi connectivity index (χ1n) is 8.34. The summed E-state index contributed by atoms with van der Waals surface area (Å²) in [6.07, 6.45) is 4.31. The summed E-state index contributed by atoms with van der Waals surface area (Å²) in [5, 5.41) is 0. The number of likely N-dealkylation sites (N-methyl/N-ethyl adjacent to an activating group) is 1. The van der Waals surface area contributed by atoms with Gasteiger partial charge in [-0.3, -0.25) is 4.90 Å². The smallest absolute Gasteiger partial charge is 0.0829 e. The topological polar surface area (TPSA) is 41.7 Å². The van der Waals surface area contributed by atoms with E-state index < -0.39 is 0 Å². The fourth-order valence-electron chi connectivity index (χ4n) is 3.90. The van der Waals surface area contributed by atoms with Crippen molar-refractivity contribution in [3.8, 4) is 0 Å². The van der Waals surface area contributed by atoms with Crippen molar-refractivity contribution in [1.29, 1.82) is 0 Å². The summed E-state index contributed by atoms with van der Waals surface area (Å²) in [6.45, 7) is 10.7. The third-order valence-electron chi connectivity index (χ3n) is 4.83. The zero-order chi connectivity index (χ0) is 14.5. The van der Waals surface area contributed by atoms with Crippen LogP contribution in [0.15, 0.2) is 0 Å². The summed E-state index contributed by atoms with van der Waals surface area (Å²) >= 11 is 0. The van der Waals surface area contributed by atoms with Crippen LogP contribution in [0.3, 0.4) is 0 Å². The maximum atomic E-state index is 5.97. The van der Waals surface area contributed by atoms with E-state index in [1.807, 2.05) is 0 Å². The SMILES string of the molecule is CC(C)CN1CCOC(CN(C)C2CCCC2CN)C1. The predicted octanol–water partition coefficient (Wildman–Crippen LogP) is 1.40. The number of ether oxygens (including phenoxy) is 1. The molecule has 0 aromatic heterocycles. The molecule has 0 radical (unpaired) electrons. The van der Waals surface area contributed by atoms with E-state index >= 15 is 0 Å². The van der Waals surface area contributed by atoms with Crippen molar-refractivity contribution < 1.29 is 4.74 Å². The van der Waals surface area contributed by atoms with Crippen LogP contribution in [0.2, 0.25) is 0 Å². The summed E-state index contributed by atoms with van der Waals surface area (Å²) < 4.78 is 5.97. The van der Waals surface area contributed by atoms with Gasteiger partial charge in [0.05, 0.1) is 12.7 Å². The van der Waals surface area contributed by atoms with Crippen molar-refractivity contribution in [2.24, 2.45) is 17.6 Å². The average Bonchev–Trinajstić information content (AvgIpc) is 2.86. The van der Waals surface area contributed by atoms with E-state index in [0.717, 1.165) is 38.7 Å². The normalized spacial score (nSPS) is 32.4. The number of rotatable bonds is 6. The van der Waals surface area contributed by atoms with Gasteiger partial charge in [-0.15, -0.1) is 0 Å². The molecule has 2 fully saturated rings. The first kappa shape index (κ1) is 16.2. The van der Waals surface area contributed by atoms with Gasteiger partial charge in [-0.1, -0.05) is 20.3 Å². The van der Waals surface area contributed by atoms with Crippen LogP contribution in [0.4, 0.5) is 0 Å². The van der Waals surface area contributed by atoms with Crippen LogP contribution in [0.5, 0.6) is 0 Å². The molecule has 2 aliphatic rings. The Labute approximate surface area is 124 Å². The van der Waals surface area contributed by atoms with Gasteiger partial charge in [-0.2, -0.15) is 0 Å². The quantitative estimate of drug-likeness (QED) is 0.800. The Hall–Kier alpha value is -0.160. The minimum absolute atomic E-state index is 0.367. The maximum Gasteiger partial charge on any atom is 0.0829 e. The van der Waals surface area contributed by atoms with E-state index in [1.165, 1.54) is 25.8 Å². The zero-order valence-electron chi connectivity index (χ0n) is 13.6. The number of morpholine rings is 1. The highest BCUT2D eigenvalue weighted by atomic mass is 16.5. The molecule has 2 N–H and O–H groups in total. The van der Waals surface area contributed by atoms with Crippen LogP contribution in [-0.4, -0.2) is 68.3 Å². The van der Waals surface area contributed by atoms with Gasteiger partial charge >= 0.3 is 0 Å². The molecule has 1 saturated carbocycles. The second-order valence-electron chi connectivity index (χ2n) is 7.08. The molecule has 118 valence electrons. The van der Waals surface area contributed by atoms with E-state index in [2.05, 4.69) is 30.7 Å². The largest absolute Gasteiger partial charge is 0.374 e. The Balaban J connectivity index is 1.79. The molecule has 1 heterocycles. The second kappa shape index (κ2) is 7.74.